The highest BCUT2D eigenvalue weighted by molar-refractivity contribution is 14.0. The van der Waals surface area contributed by atoms with Crippen molar-refractivity contribution in [2.45, 2.75) is 13.3 Å². The predicted octanol–water partition coefficient (Wildman–Crippen LogP) is 2.28. The maximum atomic E-state index is 12.8. The van der Waals surface area contributed by atoms with E-state index in [-0.39, 0.29) is 36.3 Å². The molecule has 19 heavy (non-hydrogen) atoms. The van der Waals surface area contributed by atoms with Gasteiger partial charge in [0.05, 0.1) is 6.54 Å². The number of hydrogen-bond donors (Lipinski definition) is 2. The summed E-state index contributed by atoms with van der Waals surface area (Å²) >= 11 is 0. The van der Waals surface area contributed by atoms with Crippen molar-refractivity contribution in [1.29, 1.82) is 0 Å². The summed E-state index contributed by atoms with van der Waals surface area (Å²) in [4.78, 5) is 4.03. The molecular formula is C12H18F2IN3O. The van der Waals surface area contributed by atoms with Crippen LogP contribution in [0.25, 0.3) is 0 Å². The van der Waals surface area contributed by atoms with Gasteiger partial charge in [-0.15, -0.1) is 24.0 Å². The first-order chi connectivity index (χ1) is 8.63. The zero-order valence-corrected chi connectivity index (χ0v) is 13.0. The molecule has 0 fully saturated rings. The van der Waals surface area contributed by atoms with Crippen molar-refractivity contribution < 1.29 is 13.5 Å². The maximum Gasteiger partial charge on any atom is 0.188 e. The number of nitrogens with one attached hydrogen (secondary N) is 1. The lowest BCUT2D eigenvalue weighted by molar-refractivity contribution is 0.319. The van der Waals surface area contributed by atoms with Crippen LogP contribution in [0, 0.1) is 11.6 Å². The number of ether oxygens (including phenoxy) is 1. The summed E-state index contributed by atoms with van der Waals surface area (Å²) in [6.07, 6.45) is 0.924. The van der Waals surface area contributed by atoms with Gasteiger partial charge in [-0.25, -0.2) is 8.78 Å². The third-order valence-corrected chi connectivity index (χ3v) is 2.07. The monoisotopic (exact) mass is 385 g/mol. The summed E-state index contributed by atoms with van der Waals surface area (Å²) < 4.78 is 30.7. The Balaban J connectivity index is 0.00000324. The molecule has 0 bridgehead atoms. The molecule has 3 N–H and O–H groups in total. The lowest BCUT2D eigenvalue weighted by Crippen LogP contribution is -2.34. The zero-order chi connectivity index (χ0) is 13.4. The minimum atomic E-state index is -0.926. The number of guanidine groups is 1. The zero-order valence-electron chi connectivity index (χ0n) is 10.7. The molecule has 0 heterocycles. The van der Waals surface area contributed by atoms with Crippen molar-refractivity contribution in [1.82, 2.24) is 5.32 Å². The Morgan fingerprint density at radius 1 is 1.37 bits per heavy atom. The molecule has 0 aliphatic heterocycles. The minimum absolute atomic E-state index is 0. The first-order valence-corrected chi connectivity index (χ1v) is 5.75. The van der Waals surface area contributed by atoms with E-state index in [4.69, 9.17) is 10.5 Å². The van der Waals surface area contributed by atoms with Crippen LogP contribution in [-0.2, 0) is 0 Å². The second-order valence-corrected chi connectivity index (χ2v) is 3.62. The Morgan fingerprint density at radius 3 is 2.74 bits per heavy atom. The fraction of sp³-hybridized carbons (Fsp3) is 0.417. The van der Waals surface area contributed by atoms with Gasteiger partial charge in [-0.1, -0.05) is 6.92 Å². The Hall–Kier alpha value is -1.12. The molecule has 0 radical (unpaired) electrons. The molecule has 0 spiro atoms. The van der Waals surface area contributed by atoms with Gasteiger partial charge in [-0.3, -0.25) is 4.99 Å². The lowest BCUT2D eigenvalue weighted by atomic mass is 10.3. The van der Waals surface area contributed by atoms with E-state index in [1.54, 1.807) is 0 Å². The van der Waals surface area contributed by atoms with E-state index in [0.29, 0.717) is 19.0 Å². The lowest BCUT2D eigenvalue weighted by Gasteiger charge is -2.08. The Labute approximate surface area is 128 Å². The second-order valence-electron chi connectivity index (χ2n) is 3.62. The highest BCUT2D eigenvalue weighted by atomic mass is 127. The number of rotatable bonds is 6. The van der Waals surface area contributed by atoms with E-state index >= 15 is 0 Å². The first-order valence-electron chi connectivity index (χ1n) is 5.75. The van der Waals surface area contributed by atoms with Gasteiger partial charge >= 0.3 is 0 Å². The average molecular weight is 385 g/mol. The molecule has 0 aliphatic carbocycles. The van der Waals surface area contributed by atoms with Crippen LogP contribution in [0.2, 0.25) is 0 Å². The molecule has 0 saturated carbocycles. The molecule has 1 rings (SSSR count). The Bertz CT molecular complexity index is 416. The number of aliphatic imine (C=N–C) groups is 1. The maximum absolute atomic E-state index is 12.8. The van der Waals surface area contributed by atoms with Crippen molar-refractivity contribution >= 4 is 29.9 Å². The summed E-state index contributed by atoms with van der Waals surface area (Å²) in [7, 11) is 0. The van der Waals surface area contributed by atoms with Crippen LogP contribution in [0.15, 0.2) is 23.2 Å². The van der Waals surface area contributed by atoms with E-state index < -0.39 is 11.6 Å². The fourth-order valence-electron chi connectivity index (χ4n) is 1.20. The predicted molar refractivity (Wildman–Crippen MR) is 82.1 cm³/mol. The summed E-state index contributed by atoms with van der Waals surface area (Å²) in [5.41, 5.74) is 5.56. The molecule has 0 aliphatic rings. The summed E-state index contributed by atoms with van der Waals surface area (Å²) in [5.74, 6) is -1.19. The van der Waals surface area contributed by atoms with Crippen LogP contribution in [-0.4, -0.2) is 25.7 Å². The second kappa shape index (κ2) is 9.76. The van der Waals surface area contributed by atoms with Gasteiger partial charge < -0.3 is 15.8 Å². The van der Waals surface area contributed by atoms with E-state index in [9.17, 15) is 8.78 Å². The third kappa shape index (κ3) is 7.14. The highest BCUT2D eigenvalue weighted by Gasteiger charge is 2.02. The van der Waals surface area contributed by atoms with Gasteiger partial charge in [0.2, 0.25) is 0 Å². The van der Waals surface area contributed by atoms with Crippen LogP contribution in [0.5, 0.6) is 5.75 Å². The molecule has 0 aromatic heterocycles. The van der Waals surface area contributed by atoms with Crippen LogP contribution in [0.1, 0.15) is 13.3 Å². The van der Waals surface area contributed by atoms with Gasteiger partial charge in [0.1, 0.15) is 12.4 Å². The smallest absolute Gasteiger partial charge is 0.188 e. The van der Waals surface area contributed by atoms with Gasteiger partial charge in [0, 0.05) is 12.6 Å². The number of nitrogens with two attached hydrogens (primary N) is 1. The largest absolute Gasteiger partial charge is 0.492 e. The molecule has 0 atom stereocenters. The van der Waals surface area contributed by atoms with Crippen LogP contribution >= 0.6 is 24.0 Å². The first kappa shape index (κ1) is 17.9. The molecule has 1 aromatic carbocycles. The van der Waals surface area contributed by atoms with E-state index in [1.807, 2.05) is 6.92 Å². The quantitative estimate of drug-likeness (QED) is 0.342. The molecule has 0 unspecified atom stereocenters. The van der Waals surface area contributed by atoms with E-state index in [0.717, 1.165) is 18.6 Å². The molecule has 7 heteroatoms. The van der Waals surface area contributed by atoms with Gasteiger partial charge in [0.15, 0.2) is 17.6 Å². The van der Waals surface area contributed by atoms with Crippen molar-refractivity contribution in [3.63, 3.8) is 0 Å². The molecule has 1 aromatic rings. The third-order valence-electron chi connectivity index (χ3n) is 2.07. The number of hydrogen-bond acceptors (Lipinski definition) is 2. The molecule has 4 nitrogen and oxygen atoms in total. The van der Waals surface area contributed by atoms with E-state index in [1.165, 1.54) is 6.07 Å². The van der Waals surface area contributed by atoms with Gasteiger partial charge in [0.25, 0.3) is 0 Å². The minimum Gasteiger partial charge on any atom is -0.492 e. The summed E-state index contributed by atoms with van der Waals surface area (Å²) in [5, 5.41) is 2.85. The van der Waals surface area contributed by atoms with Crippen molar-refractivity contribution in [3.8, 4) is 5.75 Å². The van der Waals surface area contributed by atoms with Crippen molar-refractivity contribution in [2.75, 3.05) is 19.7 Å². The highest BCUT2D eigenvalue weighted by Crippen LogP contribution is 2.14. The van der Waals surface area contributed by atoms with Crippen LogP contribution in [0.3, 0.4) is 0 Å². The van der Waals surface area contributed by atoms with Crippen molar-refractivity contribution in [2.24, 2.45) is 10.7 Å². The SMILES string of the molecule is CCCN=C(N)NCCOc1ccc(F)c(F)c1.I. The molecular weight excluding hydrogens is 367 g/mol. The number of nitrogens with zero attached hydrogens (tertiary/aromatic N) is 1. The Morgan fingerprint density at radius 2 is 2.11 bits per heavy atom. The molecule has 0 saturated heterocycles. The normalized spacial score (nSPS) is 10.8. The average Bonchev–Trinajstić information content (AvgIpc) is 2.36. The topological polar surface area (TPSA) is 59.6 Å². The summed E-state index contributed by atoms with van der Waals surface area (Å²) in [6.45, 7) is 3.40. The summed E-state index contributed by atoms with van der Waals surface area (Å²) in [6, 6.07) is 3.39. The van der Waals surface area contributed by atoms with E-state index in [2.05, 4.69) is 10.3 Å². The number of benzene rings is 1. The molecule has 108 valence electrons. The van der Waals surface area contributed by atoms with Crippen LogP contribution in [0.4, 0.5) is 8.78 Å². The van der Waals surface area contributed by atoms with Crippen molar-refractivity contribution in [3.05, 3.63) is 29.8 Å². The van der Waals surface area contributed by atoms with Gasteiger partial charge in [-0.05, 0) is 18.6 Å². The fourth-order valence-corrected chi connectivity index (χ4v) is 1.20. The Kier molecular flexibility index (Phi) is 9.19. The standard InChI is InChI=1S/C12H17F2N3O.HI/c1-2-5-16-12(15)17-6-7-18-9-3-4-10(13)11(14)8-9;/h3-4,8H,2,5-7H2,1H3,(H3,15,16,17);1H. The number of halogens is 3. The molecule has 0 amide bonds. The van der Waals surface area contributed by atoms with Gasteiger partial charge in [-0.2, -0.15) is 0 Å². The van der Waals surface area contributed by atoms with Crippen LogP contribution < -0.4 is 15.8 Å².